The third-order valence-corrected chi connectivity index (χ3v) is 3.95. The normalized spacial score (nSPS) is 20.6. The van der Waals surface area contributed by atoms with Gasteiger partial charge in [-0.25, -0.2) is 0 Å². The minimum Gasteiger partial charge on any atom is -0.457 e. The molecule has 114 valence electrons. The standard InChI is InChI=1S/C18H20N2O2/c1-13-11-19-12-17(13)18(21)20-14-7-9-16(10-8-14)22-15-5-3-2-4-6-15/h2-10,13,17,19H,11-12H2,1H3,(H,20,21)/t13-,17-/m1/s1. The molecule has 4 nitrogen and oxygen atoms in total. The SMILES string of the molecule is C[C@@H]1CNC[C@H]1C(=O)Nc1ccc(Oc2ccccc2)cc1. The number of ether oxygens (including phenoxy) is 1. The molecular formula is C18H20N2O2. The van der Waals surface area contributed by atoms with Gasteiger partial charge in [-0.1, -0.05) is 25.1 Å². The molecule has 1 aliphatic heterocycles. The zero-order chi connectivity index (χ0) is 15.4. The van der Waals surface area contributed by atoms with Crippen LogP contribution in [-0.2, 0) is 4.79 Å². The van der Waals surface area contributed by atoms with Crippen LogP contribution in [0, 0.1) is 11.8 Å². The van der Waals surface area contributed by atoms with Crippen LogP contribution in [0.5, 0.6) is 11.5 Å². The maximum atomic E-state index is 12.2. The van der Waals surface area contributed by atoms with E-state index >= 15 is 0 Å². The Kier molecular flexibility index (Phi) is 4.39. The second-order valence-electron chi connectivity index (χ2n) is 5.67. The Balaban J connectivity index is 1.61. The highest BCUT2D eigenvalue weighted by molar-refractivity contribution is 5.93. The summed E-state index contributed by atoms with van der Waals surface area (Å²) in [7, 11) is 0. The number of nitrogens with one attached hydrogen (secondary N) is 2. The summed E-state index contributed by atoms with van der Waals surface area (Å²) in [6, 6.07) is 17.1. The highest BCUT2D eigenvalue weighted by atomic mass is 16.5. The predicted octanol–water partition coefficient (Wildman–Crippen LogP) is 3.27. The first-order chi connectivity index (χ1) is 10.7. The van der Waals surface area contributed by atoms with E-state index in [0.29, 0.717) is 5.92 Å². The molecule has 1 aliphatic rings. The average Bonchev–Trinajstić information content (AvgIpc) is 2.96. The van der Waals surface area contributed by atoms with Gasteiger partial charge in [0.1, 0.15) is 11.5 Å². The Bertz CT molecular complexity index is 625. The Morgan fingerprint density at radius 1 is 1.05 bits per heavy atom. The molecule has 1 fully saturated rings. The number of carbonyl (C=O) groups excluding carboxylic acids is 1. The van der Waals surface area contributed by atoms with Gasteiger partial charge in [0.25, 0.3) is 0 Å². The first-order valence-corrected chi connectivity index (χ1v) is 7.57. The van der Waals surface area contributed by atoms with Crippen LogP contribution < -0.4 is 15.4 Å². The van der Waals surface area contributed by atoms with Crippen molar-refractivity contribution in [1.29, 1.82) is 0 Å². The molecule has 1 amide bonds. The van der Waals surface area contributed by atoms with Crippen molar-refractivity contribution in [2.24, 2.45) is 11.8 Å². The highest BCUT2D eigenvalue weighted by Gasteiger charge is 2.29. The van der Waals surface area contributed by atoms with Gasteiger partial charge >= 0.3 is 0 Å². The molecule has 2 aromatic rings. The second kappa shape index (κ2) is 6.62. The van der Waals surface area contributed by atoms with Gasteiger partial charge in [-0.15, -0.1) is 0 Å². The van der Waals surface area contributed by atoms with Gasteiger partial charge in [-0.05, 0) is 48.9 Å². The van der Waals surface area contributed by atoms with E-state index in [2.05, 4.69) is 17.6 Å². The van der Waals surface area contributed by atoms with Crippen LogP contribution >= 0.6 is 0 Å². The molecule has 22 heavy (non-hydrogen) atoms. The number of anilines is 1. The molecule has 0 aliphatic carbocycles. The number of amides is 1. The smallest absolute Gasteiger partial charge is 0.229 e. The maximum absolute atomic E-state index is 12.2. The number of carbonyl (C=O) groups is 1. The van der Waals surface area contributed by atoms with E-state index in [1.807, 2.05) is 54.6 Å². The molecule has 0 aromatic heterocycles. The van der Waals surface area contributed by atoms with E-state index in [1.54, 1.807) is 0 Å². The van der Waals surface area contributed by atoms with Crippen LogP contribution in [0.3, 0.4) is 0 Å². The largest absolute Gasteiger partial charge is 0.457 e. The summed E-state index contributed by atoms with van der Waals surface area (Å²) < 4.78 is 5.73. The van der Waals surface area contributed by atoms with Gasteiger partial charge in [-0.2, -0.15) is 0 Å². The van der Waals surface area contributed by atoms with Crippen LogP contribution in [0.15, 0.2) is 54.6 Å². The van der Waals surface area contributed by atoms with E-state index < -0.39 is 0 Å². The lowest BCUT2D eigenvalue weighted by Crippen LogP contribution is -2.27. The second-order valence-corrected chi connectivity index (χ2v) is 5.67. The highest BCUT2D eigenvalue weighted by Crippen LogP contribution is 2.23. The lowest BCUT2D eigenvalue weighted by Gasteiger charge is -2.14. The summed E-state index contributed by atoms with van der Waals surface area (Å²) in [6.45, 7) is 3.76. The lowest BCUT2D eigenvalue weighted by atomic mass is 9.97. The van der Waals surface area contributed by atoms with Crippen molar-refractivity contribution in [2.75, 3.05) is 18.4 Å². The van der Waals surface area contributed by atoms with Crippen molar-refractivity contribution >= 4 is 11.6 Å². The fraction of sp³-hybridized carbons (Fsp3) is 0.278. The van der Waals surface area contributed by atoms with Crippen molar-refractivity contribution in [3.63, 3.8) is 0 Å². The van der Waals surface area contributed by atoms with Crippen molar-refractivity contribution < 1.29 is 9.53 Å². The van der Waals surface area contributed by atoms with Gasteiger partial charge in [0, 0.05) is 12.2 Å². The molecule has 0 bridgehead atoms. The van der Waals surface area contributed by atoms with E-state index in [1.165, 1.54) is 0 Å². The summed E-state index contributed by atoms with van der Waals surface area (Å²) >= 11 is 0. The molecule has 0 radical (unpaired) electrons. The van der Waals surface area contributed by atoms with Crippen molar-refractivity contribution in [2.45, 2.75) is 6.92 Å². The summed E-state index contributed by atoms with van der Waals surface area (Å²) in [5.41, 5.74) is 0.796. The molecule has 2 atom stereocenters. The topological polar surface area (TPSA) is 50.4 Å². The fourth-order valence-electron chi connectivity index (χ4n) is 2.63. The number of hydrogen-bond donors (Lipinski definition) is 2. The first-order valence-electron chi connectivity index (χ1n) is 7.57. The molecule has 1 saturated heterocycles. The zero-order valence-corrected chi connectivity index (χ0v) is 12.6. The van der Waals surface area contributed by atoms with Crippen molar-refractivity contribution in [1.82, 2.24) is 5.32 Å². The Labute approximate surface area is 130 Å². The van der Waals surface area contributed by atoms with Gasteiger partial charge in [0.2, 0.25) is 5.91 Å². The van der Waals surface area contributed by atoms with Crippen molar-refractivity contribution in [3.05, 3.63) is 54.6 Å². The minimum absolute atomic E-state index is 0.0419. The number of hydrogen-bond acceptors (Lipinski definition) is 3. The summed E-state index contributed by atoms with van der Waals surface area (Å²) in [5, 5.41) is 6.22. The monoisotopic (exact) mass is 296 g/mol. The van der Waals surface area contributed by atoms with Crippen LogP contribution in [0.25, 0.3) is 0 Å². The molecule has 2 N–H and O–H groups in total. The Hall–Kier alpha value is -2.33. The third kappa shape index (κ3) is 3.46. The molecule has 0 spiro atoms. The third-order valence-electron chi connectivity index (χ3n) is 3.95. The van der Waals surface area contributed by atoms with Crippen LogP contribution in [0.4, 0.5) is 5.69 Å². The molecule has 1 heterocycles. The average molecular weight is 296 g/mol. The number of benzene rings is 2. The lowest BCUT2D eigenvalue weighted by molar-refractivity contribution is -0.120. The van der Waals surface area contributed by atoms with E-state index in [4.69, 9.17) is 4.74 Å². The summed E-state index contributed by atoms with van der Waals surface area (Å²) in [5.74, 6) is 2.04. The van der Waals surface area contributed by atoms with Crippen LogP contribution in [0.2, 0.25) is 0 Å². The predicted molar refractivity (Wildman–Crippen MR) is 87.1 cm³/mol. The van der Waals surface area contributed by atoms with E-state index in [9.17, 15) is 4.79 Å². The molecule has 4 heteroatoms. The summed E-state index contributed by atoms with van der Waals surface area (Å²) in [6.07, 6.45) is 0. The fourth-order valence-corrected chi connectivity index (χ4v) is 2.63. The Morgan fingerprint density at radius 3 is 2.36 bits per heavy atom. The zero-order valence-electron chi connectivity index (χ0n) is 12.6. The van der Waals surface area contributed by atoms with Gasteiger partial charge in [0.05, 0.1) is 5.92 Å². The van der Waals surface area contributed by atoms with Gasteiger partial charge < -0.3 is 15.4 Å². The van der Waals surface area contributed by atoms with Gasteiger partial charge in [0.15, 0.2) is 0 Å². The maximum Gasteiger partial charge on any atom is 0.229 e. The summed E-state index contributed by atoms with van der Waals surface area (Å²) in [4.78, 5) is 12.2. The van der Waals surface area contributed by atoms with Crippen LogP contribution in [0.1, 0.15) is 6.92 Å². The van der Waals surface area contributed by atoms with Crippen molar-refractivity contribution in [3.8, 4) is 11.5 Å². The quantitative estimate of drug-likeness (QED) is 0.910. The molecule has 3 rings (SSSR count). The molecular weight excluding hydrogens is 276 g/mol. The molecule has 2 aromatic carbocycles. The number of para-hydroxylation sites is 1. The van der Waals surface area contributed by atoms with E-state index in [-0.39, 0.29) is 11.8 Å². The number of rotatable bonds is 4. The van der Waals surface area contributed by atoms with E-state index in [0.717, 1.165) is 30.3 Å². The molecule has 0 saturated carbocycles. The minimum atomic E-state index is 0.0419. The Morgan fingerprint density at radius 2 is 1.73 bits per heavy atom. The van der Waals surface area contributed by atoms with Crippen LogP contribution in [-0.4, -0.2) is 19.0 Å². The first kappa shape index (κ1) is 14.6. The van der Waals surface area contributed by atoms with Gasteiger partial charge in [-0.3, -0.25) is 4.79 Å². The molecule has 0 unspecified atom stereocenters.